The van der Waals surface area contributed by atoms with E-state index in [1.165, 1.54) is 11.3 Å². The van der Waals surface area contributed by atoms with E-state index in [9.17, 15) is 4.79 Å². The van der Waals surface area contributed by atoms with E-state index in [0.717, 1.165) is 5.01 Å². The van der Waals surface area contributed by atoms with Crippen molar-refractivity contribution in [3.05, 3.63) is 34.7 Å². The largest absolute Gasteiger partial charge is 0.367 e. The molecule has 0 spiro atoms. The minimum absolute atomic E-state index is 0.0958. The molecule has 7 heteroatoms. The molecule has 0 aromatic carbocycles. The number of thiazole rings is 1. The minimum Gasteiger partial charge on any atom is -0.367 e. The van der Waals surface area contributed by atoms with Gasteiger partial charge >= 0.3 is 0 Å². The SMILES string of the molecule is Cc1ncc(C(=O)NCCNc2cnccn2)s1. The maximum atomic E-state index is 11.7. The van der Waals surface area contributed by atoms with E-state index in [4.69, 9.17) is 0 Å². The molecule has 0 fully saturated rings. The van der Waals surface area contributed by atoms with E-state index in [1.54, 1.807) is 24.8 Å². The first-order chi connectivity index (χ1) is 8.75. The molecule has 0 saturated carbocycles. The Morgan fingerprint density at radius 1 is 1.28 bits per heavy atom. The Hall–Kier alpha value is -2.02. The first-order valence-corrected chi connectivity index (χ1v) is 6.28. The summed E-state index contributed by atoms with van der Waals surface area (Å²) in [7, 11) is 0. The third-order valence-electron chi connectivity index (χ3n) is 2.12. The molecule has 2 aromatic rings. The molecule has 0 radical (unpaired) electrons. The van der Waals surface area contributed by atoms with Gasteiger partial charge in [-0.1, -0.05) is 0 Å². The molecule has 18 heavy (non-hydrogen) atoms. The summed E-state index contributed by atoms with van der Waals surface area (Å²) < 4.78 is 0. The summed E-state index contributed by atoms with van der Waals surface area (Å²) in [5, 5.41) is 6.75. The van der Waals surface area contributed by atoms with Crippen LogP contribution in [0, 0.1) is 6.92 Å². The number of hydrogen-bond donors (Lipinski definition) is 2. The summed E-state index contributed by atoms with van der Waals surface area (Å²) in [6.45, 7) is 2.99. The summed E-state index contributed by atoms with van der Waals surface area (Å²) in [5.74, 6) is 0.599. The van der Waals surface area contributed by atoms with Crippen molar-refractivity contribution in [3.8, 4) is 0 Å². The van der Waals surface area contributed by atoms with Gasteiger partial charge in [-0.2, -0.15) is 0 Å². The van der Waals surface area contributed by atoms with Gasteiger partial charge in [-0.25, -0.2) is 9.97 Å². The van der Waals surface area contributed by atoms with Crippen LogP contribution >= 0.6 is 11.3 Å². The van der Waals surface area contributed by atoms with Crippen LogP contribution in [0.5, 0.6) is 0 Å². The lowest BCUT2D eigenvalue weighted by Crippen LogP contribution is -2.28. The molecular formula is C11H13N5OS. The van der Waals surface area contributed by atoms with Crippen LogP contribution in [0.25, 0.3) is 0 Å². The molecule has 0 unspecified atom stereocenters. The number of nitrogens with one attached hydrogen (secondary N) is 2. The fourth-order valence-corrected chi connectivity index (χ4v) is 2.00. The van der Waals surface area contributed by atoms with Gasteiger partial charge < -0.3 is 10.6 Å². The van der Waals surface area contributed by atoms with Gasteiger partial charge in [0.05, 0.1) is 17.4 Å². The van der Waals surface area contributed by atoms with Crippen LogP contribution < -0.4 is 10.6 Å². The second kappa shape index (κ2) is 6.06. The number of carbonyl (C=O) groups excluding carboxylic acids is 1. The predicted molar refractivity (Wildman–Crippen MR) is 69.7 cm³/mol. The average molecular weight is 263 g/mol. The van der Waals surface area contributed by atoms with Gasteiger partial charge in [0.1, 0.15) is 10.7 Å². The van der Waals surface area contributed by atoms with Crippen molar-refractivity contribution in [2.75, 3.05) is 18.4 Å². The zero-order chi connectivity index (χ0) is 12.8. The van der Waals surface area contributed by atoms with Crippen molar-refractivity contribution < 1.29 is 4.79 Å². The predicted octanol–water partition coefficient (Wildman–Crippen LogP) is 1.08. The Labute approximate surface area is 109 Å². The Balaban J connectivity index is 1.71. The molecule has 0 aliphatic heterocycles. The first-order valence-electron chi connectivity index (χ1n) is 5.46. The van der Waals surface area contributed by atoms with Gasteiger partial charge in [0.2, 0.25) is 0 Å². The normalized spacial score (nSPS) is 10.1. The van der Waals surface area contributed by atoms with Crippen molar-refractivity contribution in [2.45, 2.75) is 6.92 Å². The number of aromatic nitrogens is 3. The smallest absolute Gasteiger partial charge is 0.263 e. The summed E-state index contributed by atoms with van der Waals surface area (Å²) in [4.78, 5) is 24.3. The maximum Gasteiger partial charge on any atom is 0.263 e. The lowest BCUT2D eigenvalue weighted by Gasteiger charge is -2.05. The quantitative estimate of drug-likeness (QED) is 0.789. The Morgan fingerprint density at radius 3 is 2.83 bits per heavy atom. The van der Waals surface area contributed by atoms with Gasteiger partial charge in [0.25, 0.3) is 5.91 Å². The second-order valence-electron chi connectivity index (χ2n) is 3.52. The Bertz CT molecular complexity index is 513. The lowest BCUT2D eigenvalue weighted by molar-refractivity contribution is 0.0959. The highest BCUT2D eigenvalue weighted by molar-refractivity contribution is 7.13. The van der Waals surface area contributed by atoms with Crippen LogP contribution in [0.4, 0.5) is 5.82 Å². The van der Waals surface area contributed by atoms with Crippen molar-refractivity contribution in [3.63, 3.8) is 0 Å². The molecule has 2 N–H and O–H groups in total. The van der Waals surface area contributed by atoms with E-state index in [1.807, 2.05) is 6.92 Å². The number of anilines is 1. The average Bonchev–Trinajstić information content (AvgIpc) is 2.82. The van der Waals surface area contributed by atoms with Crippen LogP contribution in [-0.2, 0) is 0 Å². The summed E-state index contributed by atoms with van der Waals surface area (Å²) in [6, 6.07) is 0. The lowest BCUT2D eigenvalue weighted by atomic mass is 10.5. The van der Waals surface area contributed by atoms with E-state index in [2.05, 4.69) is 25.6 Å². The molecule has 2 aromatic heterocycles. The molecule has 0 atom stereocenters. The molecule has 6 nitrogen and oxygen atoms in total. The van der Waals surface area contributed by atoms with Crippen LogP contribution in [-0.4, -0.2) is 33.9 Å². The van der Waals surface area contributed by atoms with Crippen molar-refractivity contribution in [1.29, 1.82) is 0 Å². The van der Waals surface area contributed by atoms with Crippen molar-refractivity contribution in [1.82, 2.24) is 20.3 Å². The zero-order valence-corrected chi connectivity index (χ0v) is 10.7. The Morgan fingerprint density at radius 2 is 2.17 bits per heavy atom. The number of carbonyl (C=O) groups is 1. The summed E-state index contributed by atoms with van der Waals surface area (Å²) in [6.07, 6.45) is 6.44. The molecule has 1 amide bonds. The monoisotopic (exact) mass is 263 g/mol. The van der Waals surface area contributed by atoms with Gasteiger partial charge in [-0.05, 0) is 6.92 Å². The van der Waals surface area contributed by atoms with Gasteiger partial charge in [0.15, 0.2) is 0 Å². The van der Waals surface area contributed by atoms with Gasteiger partial charge in [-0.3, -0.25) is 9.78 Å². The Kier molecular flexibility index (Phi) is 4.19. The highest BCUT2D eigenvalue weighted by Crippen LogP contribution is 2.10. The standard InChI is InChI=1S/C11H13N5OS/c1-8-16-6-9(18-8)11(17)15-5-4-14-10-7-12-2-3-13-10/h2-3,6-7H,4-5H2,1H3,(H,13,14)(H,15,17). The fraction of sp³-hybridized carbons (Fsp3) is 0.273. The zero-order valence-electron chi connectivity index (χ0n) is 9.88. The van der Waals surface area contributed by atoms with E-state index < -0.39 is 0 Å². The van der Waals surface area contributed by atoms with Crippen molar-refractivity contribution >= 4 is 23.1 Å². The third-order valence-corrected chi connectivity index (χ3v) is 3.04. The van der Waals surface area contributed by atoms with Crippen LogP contribution in [0.3, 0.4) is 0 Å². The number of hydrogen-bond acceptors (Lipinski definition) is 6. The number of rotatable bonds is 5. The van der Waals surface area contributed by atoms with Crippen LogP contribution in [0.2, 0.25) is 0 Å². The summed E-state index contributed by atoms with van der Waals surface area (Å²) in [5.41, 5.74) is 0. The molecular weight excluding hydrogens is 250 g/mol. The molecule has 0 aliphatic rings. The van der Waals surface area contributed by atoms with E-state index in [0.29, 0.717) is 23.8 Å². The highest BCUT2D eigenvalue weighted by Gasteiger charge is 2.07. The topological polar surface area (TPSA) is 79.8 Å². The number of nitrogens with zero attached hydrogens (tertiary/aromatic N) is 3. The highest BCUT2D eigenvalue weighted by atomic mass is 32.1. The molecule has 0 bridgehead atoms. The van der Waals surface area contributed by atoms with Crippen molar-refractivity contribution in [2.24, 2.45) is 0 Å². The number of aryl methyl sites for hydroxylation is 1. The van der Waals surface area contributed by atoms with Crippen LogP contribution in [0.15, 0.2) is 24.8 Å². The summed E-state index contributed by atoms with van der Waals surface area (Å²) >= 11 is 1.38. The van der Waals surface area contributed by atoms with Gasteiger partial charge in [0, 0.05) is 25.5 Å². The van der Waals surface area contributed by atoms with Gasteiger partial charge in [-0.15, -0.1) is 11.3 Å². The van der Waals surface area contributed by atoms with Crippen LogP contribution in [0.1, 0.15) is 14.7 Å². The molecule has 0 aliphatic carbocycles. The van der Waals surface area contributed by atoms with E-state index in [-0.39, 0.29) is 5.91 Å². The second-order valence-corrected chi connectivity index (χ2v) is 4.75. The molecule has 2 rings (SSSR count). The first kappa shape index (κ1) is 12.4. The molecule has 94 valence electrons. The third kappa shape index (κ3) is 3.49. The van der Waals surface area contributed by atoms with E-state index >= 15 is 0 Å². The molecule has 2 heterocycles. The number of amides is 1. The fourth-order valence-electron chi connectivity index (χ4n) is 1.31. The molecule has 0 saturated heterocycles. The maximum absolute atomic E-state index is 11.7. The minimum atomic E-state index is -0.0958.